The van der Waals surface area contributed by atoms with Gasteiger partial charge in [-0.15, -0.1) is 0 Å². The quantitative estimate of drug-likeness (QED) is 0.832. The zero-order valence-corrected chi connectivity index (χ0v) is 10.4. The molecule has 0 spiro atoms. The predicted octanol–water partition coefficient (Wildman–Crippen LogP) is 1.50. The molecule has 2 unspecified atom stereocenters. The minimum atomic E-state index is -4.03. The number of benzene rings is 1. The summed E-state index contributed by atoms with van der Waals surface area (Å²) >= 11 is 0. The molecule has 1 aliphatic rings. The molecule has 0 aromatic heterocycles. The van der Waals surface area contributed by atoms with Gasteiger partial charge in [0.25, 0.3) is 10.2 Å². The number of hydrogen-bond donors (Lipinski definition) is 1. The van der Waals surface area contributed by atoms with Crippen LogP contribution in [0.25, 0.3) is 0 Å². The van der Waals surface area contributed by atoms with Crippen LogP contribution in [0.2, 0.25) is 0 Å². The van der Waals surface area contributed by atoms with Crippen molar-refractivity contribution in [3.63, 3.8) is 0 Å². The van der Waals surface area contributed by atoms with Crippen molar-refractivity contribution in [3.8, 4) is 0 Å². The highest BCUT2D eigenvalue weighted by atomic mass is 32.2. The van der Waals surface area contributed by atoms with Crippen molar-refractivity contribution in [2.75, 3.05) is 6.54 Å². The Hall–Kier alpha value is -1.05. The Morgan fingerprint density at radius 2 is 2.00 bits per heavy atom. The molecular weight excluding hydrogens is 262 g/mol. The maximum absolute atomic E-state index is 13.8. The van der Waals surface area contributed by atoms with Crippen LogP contribution in [0, 0.1) is 5.82 Å². The fourth-order valence-corrected chi connectivity index (χ4v) is 3.03. The topological polar surface area (TPSA) is 63.4 Å². The average Bonchev–Trinajstić information content (AvgIpc) is 2.27. The van der Waals surface area contributed by atoms with E-state index in [4.69, 9.17) is 5.14 Å². The van der Waals surface area contributed by atoms with E-state index in [1.165, 1.54) is 6.07 Å². The summed E-state index contributed by atoms with van der Waals surface area (Å²) in [6, 6.07) is 6.15. The third-order valence-electron chi connectivity index (χ3n) is 3.16. The minimum Gasteiger partial charge on any atom is -0.229 e. The molecule has 0 radical (unpaired) electrons. The average molecular weight is 276 g/mol. The van der Waals surface area contributed by atoms with Gasteiger partial charge in [-0.2, -0.15) is 12.7 Å². The lowest BCUT2D eigenvalue weighted by atomic mass is 9.89. The SMILES string of the molecule is NS(=O)(=O)N1CCC(c2ccccc2F)CC1F. The molecule has 100 valence electrons. The molecule has 1 aliphatic heterocycles. The summed E-state index contributed by atoms with van der Waals surface area (Å²) in [5, 5.41) is 4.90. The highest BCUT2D eigenvalue weighted by Gasteiger charge is 2.35. The molecular formula is C11H14F2N2O2S. The van der Waals surface area contributed by atoms with Gasteiger partial charge in [0, 0.05) is 13.0 Å². The van der Waals surface area contributed by atoms with Crippen molar-refractivity contribution in [2.45, 2.75) is 25.1 Å². The van der Waals surface area contributed by atoms with E-state index in [1.807, 2.05) is 0 Å². The lowest BCUT2D eigenvalue weighted by Crippen LogP contribution is -2.46. The maximum Gasteiger partial charge on any atom is 0.279 e. The van der Waals surface area contributed by atoms with Crippen molar-refractivity contribution in [3.05, 3.63) is 35.6 Å². The zero-order chi connectivity index (χ0) is 13.3. The van der Waals surface area contributed by atoms with Gasteiger partial charge in [0.15, 0.2) is 6.30 Å². The van der Waals surface area contributed by atoms with Crippen molar-refractivity contribution < 1.29 is 17.2 Å². The van der Waals surface area contributed by atoms with Gasteiger partial charge in [-0.05, 0) is 24.0 Å². The summed E-state index contributed by atoms with van der Waals surface area (Å²) in [5.41, 5.74) is 0.425. The first-order valence-electron chi connectivity index (χ1n) is 5.57. The number of nitrogens with two attached hydrogens (primary N) is 1. The molecule has 2 atom stereocenters. The van der Waals surface area contributed by atoms with E-state index in [9.17, 15) is 17.2 Å². The summed E-state index contributed by atoms with van der Waals surface area (Å²) in [6.45, 7) is -0.0288. The maximum atomic E-state index is 13.8. The Kier molecular flexibility index (Phi) is 3.65. The fraction of sp³-hybridized carbons (Fsp3) is 0.455. The van der Waals surface area contributed by atoms with Crippen LogP contribution in [0.15, 0.2) is 24.3 Å². The summed E-state index contributed by atoms with van der Waals surface area (Å²) in [5.74, 6) is -0.710. The second kappa shape index (κ2) is 4.91. The molecule has 2 rings (SSSR count). The van der Waals surface area contributed by atoms with Crippen LogP contribution >= 0.6 is 0 Å². The Labute approximate surface area is 105 Å². The molecule has 0 saturated carbocycles. The Balaban J connectivity index is 2.16. The third kappa shape index (κ3) is 2.68. The van der Waals surface area contributed by atoms with Gasteiger partial charge in [0.1, 0.15) is 5.82 Å². The number of rotatable bonds is 2. The van der Waals surface area contributed by atoms with Gasteiger partial charge >= 0.3 is 0 Å². The second-order valence-electron chi connectivity index (χ2n) is 4.33. The largest absolute Gasteiger partial charge is 0.279 e. The number of hydrogen-bond acceptors (Lipinski definition) is 2. The van der Waals surface area contributed by atoms with Crippen LogP contribution in [0.5, 0.6) is 0 Å². The van der Waals surface area contributed by atoms with E-state index in [1.54, 1.807) is 18.2 Å². The normalized spacial score (nSPS) is 26.2. The Bertz CT molecular complexity index is 536. The second-order valence-corrected chi connectivity index (χ2v) is 5.83. The molecule has 1 saturated heterocycles. The van der Waals surface area contributed by atoms with E-state index in [-0.39, 0.29) is 18.9 Å². The van der Waals surface area contributed by atoms with Crippen molar-refractivity contribution in [1.82, 2.24) is 4.31 Å². The first-order chi connectivity index (χ1) is 8.39. The molecule has 0 amide bonds. The van der Waals surface area contributed by atoms with Gasteiger partial charge in [-0.1, -0.05) is 18.2 Å². The van der Waals surface area contributed by atoms with Crippen LogP contribution in [-0.4, -0.2) is 25.6 Å². The van der Waals surface area contributed by atoms with Gasteiger partial charge in [-0.25, -0.2) is 13.9 Å². The van der Waals surface area contributed by atoms with Crippen molar-refractivity contribution in [1.29, 1.82) is 0 Å². The van der Waals surface area contributed by atoms with Gasteiger partial charge in [-0.3, -0.25) is 0 Å². The van der Waals surface area contributed by atoms with Crippen LogP contribution < -0.4 is 5.14 Å². The monoisotopic (exact) mass is 276 g/mol. The number of alkyl halides is 1. The molecule has 0 bridgehead atoms. The highest BCUT2D eigenvalue weighted by molar-refractivity contribution is 7.86. The Morgan fingerprint density at radius 3 is 2.56 bits per heavy atom. The molecule has 1 aromatic carbocycles. The van der Waals surface area contributed by atoms with Gasteiger partial charge in [0.2, 0.25) is 0 Å². The molecule has 18 heavy (non-hydrogen) atoms. The molecule has 1 heterocycles. The first kappa shape index (κ1) is 13.4. The highest BCUT2D eigenvalue weighted by Crippen LogP contribution is 2.34. The Morgan fingerprint density at radius 1 is 1.33 bits per heavy atom. The van der Waals surface area contributed by atoms with Crippen LogP contribution in [0.1, 0.15) is 24.3 Å². The van der Waals surface area contributed by atoms with Crippen molar-refractivity contribution in [2.24, 2.45) is 5.14 Å². The molecule has 0 aliphatic carbocycles. The summed E-state index contributed by atoms with van der Waals surface area (Å²) in [6.07, 6.45) is -1.41. The number of nitrogens with zero attached hydrogens (tertiary/aromatic N) is 1. The molecule has 4 nitrogen and oxygen atoms in total. The van der Waals surface area contributed by atoms with Crippen LogP contribution in [-0.2, 0) is 10.2 Å². The van der Waals surface area contributed by atoms with E-state index in [2.05, 4.69) is 0 Å². The van der Waals surface area contributed by atoms with Crippen molar-refractivity contribution >= 4 is 10.2 Å². The van der Waals surface area contributed by atoms with E-state index in [0.29, 0.717) is 16.3 Å². The summed E-state index contributed by atoms with van der Waals surface area (Å²) in [7, 11) is -4.03. The van der Waals surface area contributed by atoms with Crippen LogP contribution in [0.4, 0.5) is 8.78 Å². The number of halogens is 2. The molecule has 1 aromatic rings. The smallest absolute Gasteiger partial charge is 0.229 e. The number of piperidine rings is 1. The van der Waals surface area contributed by atoms with Crippen LogP contribution in [0.3, 0.4) is 0 Å². The minimum absolute atomic E-state index is 0.0288. The summed E-state index contributed by atoms with van der Waals surface area (Å²) < 4.78 is 50.1. The van der Waals surface area contributed by atoms with E-state index >= 15 is 0 Å². The zero-order valence-electron chi connectivity index (χ0n) is 9.59. The van der Waals surface area contributed by atoms with Gasteiger partial charge in [0.05, 0.1) is 0 Å². The van der Waals surface area contributed by atoms with E-state index in [0.717, 1.165) is 0 Å². The predicted molar refractivity (Wildman–Crippen MR) is 63.1 cm³/mol. The van der Waals surface area contributed by atoms with Gasteiger partial charge < -0.3 is 0 Å². The fourth-order valence-electron chi connectivity index (χ4n) is 2.27. The lowest BCUT2D eigenvalue weighted by molar-refractivity contribution is 0.109. The molecule has 7 heteroatoms. The first-order valence-corrected chi connectivity index (χ1v) is 7.08. The lowest BCUT2D eigenvalue weighted by Gasteiger charge is -2.33. The standard InChI is InChI=1S/C11H14F2N2O2S/c12-10-4-2-1-3-9(10)8-5-6-15(11(13)7-8)18(14,16)17/h1-4,8,11H,5-7H2,(H2,14,16,17). The third-order valence-corrected chi connectivity index (χ3v) is 4.23. The summed E-state index contributed by atoms with van der Waals surface area (Å²) in [4.78, 5) is 0. The molecule has 1 fully saturated rings. The molecule has 2 N–H and O–H groups in total. The van der Waals surface area contributed by atoms with E-state index < -0.39 is 22.3 Å².